The molecule has 1 saturated carbocycles. The van der Waals surface area contributed by atoms with Crippen molar-refractivity contribution in [2.75, 3.05) is 5.32 Å². The van der Waals surface area contributed by atoms with Crippen LogP contribution in [-0.2, 0) is 4.79 Å². The Balaban J connectivity index is 2.08. The van der Waals surface area contributed by atoms with Crippen LogP contribution in [0.1, 0.15) is 31.4 Å². The van der Waals surface area contributed by atoms with Gasteiger partial charge in [-0.2, -0.15) is 0 Å². The van der Waals surface area contributed by atoms with E-state index in [2.05, 4.69) is 15.3 Å². The molecule has 1 aliphatic carbocycles. The molecule has 68 valence electrons. The van der Waals surface area contributed by atoms with Gasteiger partial charge in [-0.25, -0.2) is 4.98 Å². The maximum Gasteiger partial charge on any atom is 0.222 e. The zero-order valence-corrected chi connectivity index (χ0v) is 7.45. The van der Waals surface area contributed by atoms with Crippen LogP contribution in [0.5, 0.6) is 0 Å². The van der Waals surface area contributed by atoms with Crippen molar-refractivity contribution in [3.05, 3.63) is 18.1 Å². The van der Waals surface area contributed by atoms with E-state index in [0.29, 0.717) is 11.7 Å². The van der Waals surface area contributed by atoms with Crippen molar-refractivity contribution >= 4 is 11.7 Å². The third-order valence-electron chi connectivity index (χ3n) is 1.97. The van der Waals surface area contributed by atoms with Gasteiger partial charge in [0.25, 0.3) is 0 Å². The molecular formula is C9H11N3O. The summed E-state index contributed by atoms with van der Waals surface area (Å²) in [6, 6.07) is 0. The number of carbonyl (C=O) groups is 1. The Labute approximate surface area is 76.4 Å². The van der Waals surface area contributed by atoms with Gasteiger partial charge >= 0.3 is 0 Å². The smallest absolute Gasteiger partial charge is 0.222 e. The summed E-state index contributed by atoms with van der Waals surface area (Å²) >= 11 is 0. The van der Waals surface area contributed by atoms with E-state index in [1.807, 2.05) is 0 Å². The van der Waals surface area contributed by atoms with Gasteiger partial charge in [0.05, 0.1) is 18.1 Å². The fourth-order valence-electron chi connectivity index (χ4n) is 1.17. The summed E-state index contributed by atoms with van der Waals surface area (Å²) in [6.45, 7) is 1.45. The molecule has 4 nitrogen and oxygen atoms in total. The Kier molecular flexibility index (Phi) is 1.96. The molecule has 1 aliphatic rings. The number of nitrogens with one attached hydrogen (secondary N) is 1. The van der Waals surface area contributed by atoms with E-state index in [-0.39, 0.29) is 5.91 Å². The molecule has 1 amide bonds. The maximum absolute atomic E-state index is 10.7. The Bertz CT molecular complexity index is 316. The minimum Gasteiger partial charge on any atom is -0.310 e. The zero-order chi connectivity index (χ0) is 9.26. The summed E-state index contributed by atoms with van der Waals surface area (Å²) in [5, 5.41) is 2.58. The summed E-state index contributed by atoms with van der Waals surface area (Å²) in [7, 11) is 0. The molecule has 0 atom stereocenters. The molecule has 0 aromatic carbocycles. The lowest BCUT2D eigenvalue weighted by molar-refractivity contribution is -0.114. The quantitative estimate of drug-likeness (QED) is 0.741. The highest BCUT2D eigenvalue weighted by molar-refractivity contribution is 5.87. The predicted molar refractivity (Wildman–Crippen MR) is 48.3 cm³/mol. The lowest BCUT2D eigenvalue weighted by Gasteiger charge is -2.00. The summed E-state index contributed by atoms with van der Waals surface area (Å²) in [4.78, 5) is 19.0. The van der Waals surface area contributed by atoms with E-state index < -0.39 is 0 Å². The van der Waals surface area contributed by atoms with Gasteiger partial charge in [0, 0.05) is 12.8 Å². The molecule has 0 aliphatic heterocycles. The second-order valence-electron chi connectivity index (χ2n) is 3.28. The molecule has 2 rings (SSSR count). The second kappa shape index (κ2) is 3.12. The van der Waals surface area contributed by atoms with Crippen LogP contribution in [0.3, 0.4) is 0 Å². The number of anilines is 1. The summed E-state index contributed by atoms with van der Waals surface area (Å²) < 4.78 is 0. The zero-order valence-electron chi connectivity index (χ0n) is 7.45. The lowest BCUT2D eigenvalue weighted by atomic mass is 10.3. The fourth-order valence-corrected chi connectivity index (χ4v) is 1.17. The fraction of sp³-hybridized carbons (Fsp3) is 0.444. The molecule has 1 aromatic heterocycles. The molecular weight excluding hydrogens is 166 g/mol. The first-order valence-corrected chi connectivity index (χ1v) is 4.35. The molecule has 13 heavy (non-hydrogen) atoms. The summed E-state index contributed by atoms with van der Waals surface area (Å²) in [6.07, 6.45) is 5.78. The lowest BCUT2D eigenvalue weighted by Crippen LogP contribution is -2.07. The van der Waals surface area contributed by atoms with Gasteiger partial charge in [0.1, 0.15) is 0 Å². The van der Waals surface area contributed by atoms with E-state index in [0.717, 1.165) is 5.69 Å². The minimum absolute atomic E-state index is 0.117. The molecule has 0 saturated heterocycles. The first kappa shape index (κ1) is 8.16. The highest BCUT2D eigenvalue weighted by Gasteiger charge is 2.24. The van der Waals surface area contributed by atoms with Crippen molar-refractivity contribution in [1.82, 2.24) is 9.97 Å². The van der Waals surface area contributed by atoms with Gasteiger partial charge in [0.15, 0.2) is 5.82 Å². The number of carbonyl (C=O) groups excluding carboxylic acids is 1. The maximum atomic E-state index is 10.7. The van der Waals surface area contributed by atoms with Crippen LogP contribution >= 0.6 is 0 Å². The van der Waals surface area contributed by atoms with Gasteiger partial charge < -0.3 is 5.32 Å². The van der Waals surface area contributed by atoms with Crippen molar-refractivity contribution in [2.45, 2.75) is 25.7 Å². The molecule has 1 N–H and O–H groups in total. The molecule has 1 fully saturated rings. The third kappa shape index (κ3) is 2.02. The van der Waals surface area contributed by atoms with Crippen LogP contribution in [-0.4, -0.2) is 15.9 Å². The van der Waals surface area contributed by atoms with Crippen molar-refractivity contribution in [3.63, 3.8) is 0 Å². The van der Waals surface area contributed by atoms with Crippen LogP contribution in [0.4, 0.5) is 5.82 Å². The Hall–Kier alpha value is -1.45. The first-order chi connectivity index (χ1) is 6.25. The van der Waals surface area contributed by atoms with Gasteiger partial charge in [-0.3, -0.25) is 9.78 Å². The Morgan fingerprint density at radius 3 is 2.69 bits per heavy atom. The molecule has 0 spiro atoms. The van der Waals surface area contributed by atoms with Gasteiger partial charge in [-0.05, 0) is 12.8 Å². The summed E-state index contributed by atoms with van der Waals surface area (Å²) in [5.41, 5.74) is 1.04. The highest BCUT2D eigenvalue weighted by atomic mass is 16.1. The van der Waals surface area contributed by atoms with Crippen LogP contribution in [0.15, 0.2) is 12.4 Å². The third-order valence-corrected chi connectivity index (χ3v) is 1.97. The first-order valence-electron chi connectivity index (χ1n) is 4.35. The average Bonchev–Trinajstić information content (AvgIpc) is 2.87. The number of hydrogen-bond donors (Lipinski definition) is 1. The molecule has 0 radical (unpaired) electrons. The van der Waals surface area contributed by atoms with Gasteiger partial charge in [0.2, 0.25) is 5.91 Å². The topological polar surface area (TPSA) is 54.9 Å². The summed E-state index contributed by atoms with van der Waals surface area (Å²) in [5.74, 6) is 1.02. The number of hydrogen-bond acceptors (Lipinski definition) is 3. The molecule has 0 unspecified atom stereocenters. The van der Waals surface area contributed by atoms with Crippen molar-refractivity contribution in [2.24, 2.45) is 0 Å². The van der Waals surface area contributed by atoms with Gasteiger partial charge in [-0.15, -0.1) is 0 Å². The molecule has 1 heterocycles. The van der Waals surface area contributed by atoms with Crippen LogP contribution in [0.2, 0.25) is 0 Å². The van der Waals surface area contributed by atoms with Crippen LogP contribution in [0.25, 0.3) is 0 Å². The van der Waals surface area contributed by atoms with Gasteiger partial charge in [-0.1, -0.05) is 0 Å². The molecule has 4 heteroatoms. The molecule has 1 aromatic rings. The SMILES string of the molecule is CC(=O)Nc1cnc(C2CC2)cn1. The average molecular weight is 177 g/mol. The second-order valence-corrected chi connectivity index (χ2v) is 3.28. The number of amides is 1. The minimum atomic E-state index is -0.117. The number of aromatic nitrogens is 2. The van der Waals surface area contributed by atoms with E-state index in [9.17, 15) is 4.79 Å². The highest BCUT2D eigenvalue weighted by Crippen LogP contribution is 2.38. The molecule has 0 bridgehead atoms. The van der Waals surface area contributed by atoms with E-state index >= 15 is 0 Å². The Morgan fingerprint density at radius 2 is 2.23 bits per heavy atom. The van der Waals surface area contributed by atoms with Crippen molar-refractivity contribution < 1.29 is 4.79 Å². The standard InChI is InChI=1S/C9H11N3O/c1-6(13)12-9-5-10-8(4-11-9)7-2-3-7/h4-5,7H,2-3H2,1H3,(H,11,12,13). The van der Waals surface area contributed by atoms with E-state index in [1.54, 1.807) is 12.4 Å². The predicted octanol–water partition coefficient (Wildman–Crippen LogP) is 1.31. The van der Waals surface area contributed by atoms with Crippen molar-refractivity contribution in [1.29, 1.82) is 0 Å². The normalized spacial score (nSPS) is 15.5. The van der Waals surface area contributed by atoms with Crippen LogP contribution < -0.4 is 5.32 Å². The van der Waals surface area contributed by atoms with E-state index in [4.69, 9.17) is 0 Å². The van der Waals surface area contributed by atoms with Crippen LogP contribution in [0, 0.1) is 0 Å². The largest absolute Gasteiger partial charge is 0.310 e. The number of rotatable bonds is 2. The Morgan fingerprint density at radius 1 is 1.46 bits per heavy atom. The monoisotopic (exact) mass is 177 g/mol. The van der Waals surface area contributed by atoms with Crippen molar-refractivity contribution in [3.8, 4) is 0 Å². The van der Waals surface area contributed by atoms with E-state index in [1.165, 1.54) is 19.8 Å². The number of nitrogens with zero attached hydrogens (tertiary/aromatic N) is 2.